The third kappa shape index (κ3) is 4.43. The van der Waals surface area contributed by atoms with Crippen molar-refractivity contribution in [1.82, 2.24) is 0 Å². The lowest BCUT2D eigenvalue weighted by atomic mass is 10.1. The van der Waals surface area contributed by atoms with Crippen molar-refractivity contribution in [2.75, 3.05) is 11.6 Å². The maximum Gasteiger partial charge on any atom is 0.255 e. The van der Waals surface area contributed by atoms with E-state index in [1.807, 2.05) is 31.2 Å². The first-order chi connectivity index (χ1) is 10.4. The molecule has 2 rings (SSSR count). The van der Waals surface area contributed by atoms with Crippen molar-refractivity contribution in [3.63, 3.8) is 0 Å². The highest BCUT2D eigenvalue weighted by atomic mass is 32.2. The smallest absolute Gasteiger partial charge is 0.255 e. The van der Waals surface area contributed by atoms with Gasteiger partial charge in [-0.05, 0) is 35.7 Å². The number of anilines is 1. The summed E-state index contributed by atoms with van der Waals surface area (Å²) in [6, 6.07) is 14.3. The molecule has 1 amide bonds. The van der Waals surface area contributed by atoms with E-state index in [4.69, 9.17) is 0 Å². The topological polar surface area (TPSA) is 63.2 Å². The molecule has 0 saturated heterocycles. The third-order valence-corrected chi connectivity index (χ3v) is 4.15. The minimum atomic E-state index is -3.07. The van der Waals surface area contributed by atoms with Crippen LogP contribution in [0.5, 0.6) is 0 Å². The number of rotatable bonds is 5. The molecule has 0 fully saturated rings. The van der Waals surface area contributed by atoms with E-state index in [-0.39, 0.29) is 11.7 Å². The van der Waals surface area contributed by atoms with Crippen LogP contribution in [0.4, 0.5) is 5.69 Å². The molecule has 1 N–H and O–H groups in total. The molecule has 0 aliphatic rings. The van der Waals surface area contributed by atoms with Crippen LogP contribution in [0.15, 0.2) is 48.5 Å². The molecule has 4 nitrogen and oxygen atoms in total. The second kappa shape index (κ2) is 6.75. The first-order valence-corrected chi connectivity index (χ1v) is 9.11. The zero-order valence-electron chi connectivity index (χ0n) is 12.7. The second-order valence-corrected chi connectivity index (χ2v) is 7.37. The van der Waals surface area contributed by atoms with Gasteiger partial charge in [0.2, 0.25) is 0 Å². The van der Waals surface area contributed by atoms with Crippen LogP contribution in [0.25, 0.3) is 0 Å². The summed E-state index contributed by atoms with van der Waals surface area (Å²) in [5.74, 6) is -0.222. The largest absolute Gasteiger partial charge is 0.322 e. The summed E-state index contributed by atoms with van der Waals surface area (Å²) >= 11 is 0. The number of carbonyl (C=O) groups is 1. The van der Waals surface area contributed by atoms with Crippen molar-refractivity contribution in [1.29, 1.82) is 0 Å². The first kappa shape index (κ1) is 16.2. The van der Waals surface area contributed by atoms with E-state index in [1.54, 1.807) is 24.3 Å². The van der Waals surface area contributed by atoms with Crippen molar-refractivity contribution in [2.24, 2.45) is 0 Å². The molecule has 0 bridgehead atoms. The Morgan fingerprint density at radius 1 is 1.05 bits per heavy atom. The summed E-state index contributed by atoms with van der Waals surface area (Å²) in [7, 11) is -3.07. The minimum absolute atomic E-state index is 0.0203. The number of amides is 1. The van der Waals surface area contributed by atoms with Gasteiger partial charge in [-0.1, -0.05) is 37.3 Å². The van der Waals surface area contributed by atoms with E-state index in [0.29, 0.717) is 11.1 Å². The molecule has 0 aromatic heterocycles. The number of benzene rings is 2. The lowest BCUT2D eigenvalue weighted by molar-refractivity contribution is 0.102. The van der Waals surface area contributed by atoms with Crippen LogP contribution in [-0.4, -0.2) is 20.6 Å². The fourth-order valence-corrected chi connectivity index (χ4v) is 3.00. The molecule has 0 aliphatic carbocycles. The quantitative estimate of drug-likeness (QED) is 0.922. The number of sulfone groups is 1. The summed E-state index contributed by atoms with van der Waals surface area (Å²) in [5.41, 5.74) is 3.05. The molecule has 0 unspecified atom stereocenters. The van der Waals surface area contributed by atoms with Crippen LogP contribution in [0, 0.1) is 0 Å². The Bertz CT molecular complexity index is 765. The van der Waals surface area contributed by atoms with Gasteiger partial charge in [0.05, 0.1) is 5.75 Å². The fourth-order valence-electron chi connectivity index (χ4n) is 2.20. The Morgan fingerprint density at radius 3 is 2.27 bits per heavy atom. The highest BCUT2D eigenvalue weighted by molar-refractivity contribution is 7.89. The van der Waals surface area contributed by atoms with Gasteiger partial charge in [0.1, 0.15) is 0 Å². The van der Waals surface area contributed by atoms with Crippen molar-refractivity contribution < 1.29 is 13.2 Å². The zero-order valence-corrected chi connectivity index (χ0v) is 13.5. The molecule has 0 aliphatic heterocycles. The van der Waals surface area contributed by atoms with Crippen molar-refractivity contribution in [3.8, 4) is 0 Å². The number of hydrogen-bond acceptors (Lipinski definition) is 3. The molecule has 116 valence electrons. The van der Waals surface area contributed by atoms with Crippen LogP contribution in [0.3, 0.4) is 0 Å². The molecule has 5 heteroatoms. The number of nitrogens with one attached hydrogen (secondary N) is 1. The minimum Gasteiger partial charge on any atom is -0.322 e. The van der Waals surface area contributed by atoms with E-state index < -0.39 is 9.84 Å². The number of carbonyl (C=O) groups excluding carboxylic acids is 1. The van der Waals surface area contributed by atoms with Gasteiger partial charge in [-0.25, -0.2) is 8.42 Å². The van der Waals surface area contributed by atoms with Crippen molar-refractivity contribution >= 4 is 21.4 Å². The third-order valence-electron chi connectivity index (χ3n) is 3.29. The van der Waals surface area contributed by atoms with E-state index in [1.165, 1.54) is 6.26 Å². The number of para-hydroxylation sites is 1. The molecular formula is C17H19NO3S. The van der Waals surface area contributed by atoms with Crippen LogP contribution >= 0.6 is 0 Å². The van der Waals surface area contributed by atoms with Crippen LogP contribution in [0.1, 0.15) is 28.4 Å². The molecule has 2 aromatic carbocycles. The van der Waals surface area contributed by atoms with Gasteiger partial charge in [-0.2, -0.15) is 0 Å². The van der Waals surface area contributed by atoms with Gasteiger partial charge >= 0.3 is 0 Å². The first-order valence-electron chi connectivity index (χ1n) is 7.05. The van der Waals surface area contributed by atoms with Gasteiger partial charge in [0.25, 0.3) is 5.91 Å². The fraction of sp³-hybridized carbons (Fsp3) is 0.235. The van der Waals surface area contributed by atoms with E-state index in [0.717, 1.165) is 17.7 Å². The van der Waals surface area contributed by atoms with E-state index in [2.05, 4.69) is 5.32 Å². The monoisotopic (exact) mass is 317 g/mol. The van der Waals surface area contributed by atoms with E-state index >= 15 is 0 Å². The zero-order chi connectivity index (χ0) is 16.2. The summed E-state index contributed by atoms with van der Waals surface area (Å²) < 4.78 is 22.5. The molecule has 0 radical (unpaired) electrons. The summed E-state index contributed by atoms with van der Waals surface area (Å²) in [4.78, 5) is 12.2. The Kier molecular flexibility index (Phi) is 4.98. The summed E-state index contributed by atoms with van der Waals surface area (Å²) in [5, 5.41) is 2.89. The lowest BCUT2D eigenvalue weighted by Crippen LogP contribution is -2.13. The normalized spacial score (nSPS) is 11.2. The second-order valence-electron chi connectivity index (χ2n) is 5.23. The number of hydrogen-bond donors (Lipinski definition) is 1. The van der Waals surface area contributed by atoms with Crippen molar-refractivity contribution in [3.05, 3.63) is 65.2 Å². The highest BCUT2D eigenvalue weighted by Crippen LogP contribution is 2.17. The van der Waals surface area contributed by atoms with Crippen molar-refractivity contribution in [2.45, 2.75) is 19.1 Å². The van der Waals surface area contributed by atoms with Crippen LogP contribution in [-0.2, 0) is 22.0 Å². The van der Waals surface area contributed by atoms with Gasteiger partial charge < -0.3 is 5.32 Å². The molecular weight excluding hydrogens is 298 g/mol. The molecule has 2 aromatic rings. The van der Waals surface area contributed by atoms with Gasteiger partial charge in [0.15, 0.2) is 9.84 Å². The van der Waals surface area contributed by atoms with Gasteiger partial charge in [-0.15, -0.1) is 0 Å². The average Bonchev–Trinajstić information content (AvgIpc) is 2.47. The predicted molar refractivity (Wildman–Crippen MR) is 88.8 cm³/mol. The Labute approximate surface area is 131 Å². The predicted octanol–water partition coefficient (Wildman–Crippen LogP) is 3.05. The summed E-state index contributed by atoms with van der Waals surface area (Å²) in [6.07, 6.45) is 2.03. The Morgan fingerprint density at radius 2 is 1.68 bits per heavy atom. The highest BCUT2D eigenvalue weighted by Gasteiger charge is 2.09. The molecule has 0 saturated carbocycles. The van der Waals surface area contributed by atoms with E-state index in [9.17, 15) is 13.2 Å². The maximum absolute atomic E-state index is 12.2. The van der Waals surface area contributed by atoms with Gasteiger partial charge in [0, 0.05) is 17.5 Å². The maximum atomic E-state index is 12.2. The molecule has 0 spiro atoms. The molecule has 22 heavy (non-hydrogen) atoms. The summed E-state index contributed by atoms with van der Waals surface area (Å²) in [6.45, 7) is 2.03. The Balaban J connectivity index is 2.13. The number of aryl methyl sites for hydroxylation is 1. The van der Waals surface area contributed by atoms with Gasteiger partial charge in [-0.3, -0.25) is 4.79 Å². The molecule has 0 atom stereocenters. The molecule has 0 heterocycles. The van der Waals surface area contributed by atoms with Crippen LogP contribution in [0.2, 0.25) is 0 Å². The van der Waals surface area contributed by atoms with Crippen LogP contribution < -0.4 is 5.32 Å². The Hall–Kier alpha value is -2.14. The SMILES string of the molecule is CCc1ccccc1NC(=O)c1ccc(CS(C)(=O)=O)cc1. The lowest BCUT2D eigenvalue weighted by Gasteiger charge is -2.10. The standard InChI is InChI=1S/C17H19NO3S/c1-3-14-6-4-5-7-16(14)18-17(19)15-10-8-13(9-11-15)12-22(2,20)21/h4-11H,3,12H2,1-2H3,(H,18,19). The average molecular weight is 317 g/mol.